The van der Waals surface area contributed by atoms with Crippen LogP contribution in [0.5, 0.6) is 0 Å². The molecule has 1 aliphatic rings. The molecule has 8 aromatic carbocycles. The van der Waals surface area contributed by atoms with Gasteiger partial charge in [-0.25, -0.2) is 0 Å². The lowest BCUT2D eigenvalue weighted by molar-refractivity contribution is 0.648. The van der Waals surface area contributed by atoms with Crippen molar-refractivity contribution in [1.82, 2.24) is 4.57 Å². The average Bonchev–Trinajstić information content (AvgIpc) is 3.63. The SMILES string of the molecule is C1=CCC(n2c3cccc(-c4ccccc4)c3c3c(-c4cccc(N(c5ccc(-c6ccccc6)cc5)c5ccccc5-c5ccccc5)c4)cccc32)C=C1. The molecular weight excluding hydrogens is 677 g/mol. The minimum atomic E-state index is 0.233. The van der Waals surface area contributed by atoms with E-state index in [2.05, 4.69) is 234 Å². The van der Waals surface area contributed by atoms with Crippen LogP contribution >= 0.6 is 0 Å². The molecule has 2 nitrogen and oxygen atoms in total. The van der Waals surface area contributed by atoms with Crippen molar-refractivity contribution >= 4 is 38.9 Å². The number of benzene rings is 8. The summed E-state index contributed by atoms with van der Waals surface area (Å²) in [6.45, 7) is 0. The van der Waals surface area contributed by atoms with E-state index in [-0.39, 0.29) is 6.04 Å². The lowest BCUT2D eigenvalue weighted by atomic mass is 9.94. The Morgan fingerprint density at radius 3 is 1.55 bits per heavy atom. The second-order valence-corrected chi connectivity index (χ2v) is 14.4. The van der Waals surface area contributed by atoms with Gasteiger partial charge in [0.2, 0.25) is 0 Å². The molecule has 1 heterocycles. The highest BCUT2D eigenvalue weighted by molar-refractivity contribution is 6.20. The normalized spacial score (nSPS) is 13.7. The maximum Gasteiger partial charge on any atom is 0.0560 e. The van der Waals surface area contributed by atoms with Gasteiger partial charge in [-0.2, -0.15) is 0 Å². The van der Waals surface area contributed by atoms with Gasteiger partial charge in [0.15, 0.2) is 0 Å². The summed E-state index contributed by atoms with van der Waals surface area (Å²) in [4.78, 5) is 2.42. The highest BCUT2D eigenvalue weighted by Gasteiger charge is 2.23. The van der Waals surface area contributed by atoms with Gasteiger partial charge < -0.3 is 9.47 Å². The van der Waals surface area contributed by atoms with E-state index in [1.165, 1.54) is 66.3 Å². The van der Waals surface area contributed by atoms with Gasteiger partial charge in [0.05, 0.1) is 22.8 Å². The van der Waals surface area contributed by atoms with Crippen LogP contribution in [0.3, 0.4) is 0 Å². The Morgan fingerprint density at radius 1 is 0.393 bits per heavy atom. The predicted octanol–water partition coefficient (Wildman–Crippen LogP) is 15.0. The summed E-state index contributed by atoms with van der Waals surface area (Å²) in [5.41, 5.74) is 15.5. The number of nitrogens with zero attached hydrogens (tertiary/aromatic N) is 2. The first-order valence-electron chi connectivity index (χ1n) is 19.5. The maximum absolute atomic E-state index is 2.56. The molecule has 0 radical (unpaired) electrons. The van der Waals surface area contributed by atoms with Crippen LogP contribution in [0, 0.1) is 0 Å². The molecule has 0 saturated carbocycles. The Bertz CT molecular complexity index is 2860. The van der Waals surface area contributed by atoms with Crippen molar-refractivity contribution < 1.29 is 0 Å². The van der Waals surface area contributed by atoms with Gasteiger partial charge in [-0.3, -0.25) is 0 Å². The number of allylic oxidation sites excluding steroid dienone is 4. The Hall–Kier alpha value is -7.16. The molecule has 56 heavy (non-hydrogen) atoms. The zero-order valence-corrected chi connectivity index (χ0v) is 31.0. The van der Waals surface area contributed by atoms with Crippen molar-refractivity contribution in [2.45, 2.75) is 12.5 Å². The summed E-state index contributed by atoms with van der Waals surface area (Å²) < 4.78 is 2.56. The third-order valence-corrected chi connectivity index (χ3v) is 11.1. The van der Waals surface area contributed by atoms with E-state index >= 15 is 0 Å². The molecule has 1 aromatic heterocycles. The molecule has 0 bridgehead atoms. The smallest absolute Gasteiger partial charge is 0.0560 e. The second-order valence-electron chi connectivity index (χ2n) is 14.4. The minimum absolute atomic E-state index is 0.233. The van der Waals surface area contributed by atoms with Crippen molar-refractivity contribution in [2.24, 2.45) is 0 Å². The minimum Gasteiger partial charge on any atom is -0.333 e. The number of rotatable bonds is 8. The van der Waals surface area contributed by atoms with Crippen molar-refractivity contribution in [2.75, 3.05) is 4.90 Å². The van der Waals surface area contributed by atoms with Gasteiger partial charge in [-0.05, 0) is 87.8 Å². The van der Waals surface area contributed by atoms with Gasteiger partial charge in [-0.1, -0.05) is 182 Å². The molecule has 0 saturated heterocycles. The van der Waals surface area contributed by atoms with E-state index < -0.39 is 0 Å². The number of para-hydroxylation sites is 1. The maximum atomic E-state index is 2.56. The van der Waals surface area contributed by atoms with E-state index in [4.69, 9.17) is 0 Å². The van der Waals surface area contributed by atoms with Crippen LogP contribution in [-0.2, 0) is 0 Å². The molecule has 1 atom stereocenters. The Labute approximate surface area is 328 Å². The van der Waals surface area contributed by atoms with Crippen molar-refractivity contribution in [3.8, 4) is 44.5 Å². The van der Waals surface area contributed by atoms with E-state index in [1.54, 1.807) is 0 Å². The summed E-state index contributed by atoms with van der Waals surface area (Å²) in [6.07, 6.45) is 9.93. The van der Waals surface area contributed by atoms with E-state index in [9.17, 15) is 0 Å². The second kappa shape index (κ2) is 14.6. The molecule has 1 aliphatic carbocycles. The first kappa shape index (κ1) is 33.4. The fraction of sp³-hybridized carbons (Fsp3) is 0.0370. The molecule has 2 heteroatoms. The van der Waals surface area contributed by atoms with Gasteiger partial charge in [-0.15, -0.1) is 0 Å². The zero-order chi connectivity index (χ0) is 37.3. The van der Waals surface area contributed by atoms with Crippen LogP contribution in [0.15, 0.2) is 224 Å². The fourth-order valence-corrected chi connectivity index (χ4v) is 8.56. The monoisotopic (exact) mass is 716 g/mol. The third kappa shape index (κ3) is 6.02. The first-order chi connectivity index (χ1) is 27.8. The largest absolute Gasteiger partial charge is 0.333 e. The van der Waals surface area contributed by atoms with E-state index in [1.807, 2.05) is 0 Å². The van der Waals surface area contributed by atoms with Gasteiger partial charge in [0, 0.05) is 27.7 Å². The van der Waals surface area contributed by atoms with Gasteiger partial charge in [0.25, 0.3) is 0 Å². The summed E-state index contributed by atoms with van der Waals surface area (Å²) in [5, 5.41) is 2.57. The summed E-state index contributed by atoms with van der Waals surface area (Å²) >= 11 is 0. The topological polar surface area (TPSA) is 8.17 Å². The first-order valence-corrected chi connectivity index (χ1v) is 19.5. The number of anilines is 3. The van der Waals surface area contributed by atoms with Crippen molar-refractivity contribution in [1.29, 1.82) is 0 Å². The van der Waals surface area contributed by atoms with Crippen LogP contribution in [0.1, 0.15) is 12.5 Å². The Kier molecular flexibility index (Phi) is 8.70. The van der Waals surface area contributed by atoms with Crippen LogP contribution in [0.2, 0.25) is 0 Å². The Balaban J connectivity index is 1.19. The molecule has 0 amide bonds. The van der Waals surface area contributed by atoms with Crippen LogP contribution in [0.4, 0.5) is 17.1 Å². The molecule has 0 fully saturated rings. The van der Waals surface area contributed by atoms with Crippen LogP contribution < -0.4 is 4.90 Å². The quantitative estimate of drug-likeness (QED) is 0.152. The molecule has 1 unspecified atom stereocenters. The number of fused-ring (bicyclic) bond motifs is 3. The summed E-state index contributed by atoms with van der Waals surface area (Å²) in [6, 6.07) is 72.9. The fourth-order valence-electron chi connectivity index (χ4n) is 8.56. The van der Waals surface area contributed by atoms with Crippen molar-refractivity contribution in [3.63, 3.8) is 0 Å². The van der Waals surface area contributed by atoms with Crippen LogP contribution in [0.25, 0.3) is 66.3 Å². The molecule has 9 aromatic rings. The van der Waals surface area contributed by atoms with E-state index in [0.29, 0.717) is 0 Å². The molecular formula is C54H40N2. The number of hydrogen-bond acceptors (Lipinski definition) is 1. The Morgan fingerprint density at radius 2 is 0.911 bits per heavy atom. The lowest BCUT2D eigenvalue weighted by Gasteiger charge is -2.28. The van der Waals surface area contributed by atoms with Crippen molar-refractivity contribution in [3.05, 3.63) is 224 Å². The van der Waals surface area contributed by atoms with Gasteiger partial charge >= 0.3 is 0 Å². The van der Waals surface area contributed by atoms with E-state index in [0.717, 1.165) is 23.5 Å². The third-order valence-electron chi connectivity index (χ3n) is 11.1. The molecule has 0 aliphatic heterocycles. The van der Waals surface area contributed by atoms with Gasteiger partial charge in [0.1, 0.15) is 0 Å². The zero-order valence-electron chi connectivity index (χ0n) is 31.0. The highest BCUT2D eigenvalue weighted by atomic mass is 15.1. The lowest BCUT2D eigenvalue weighted by Crippen LogP contribution is -2.11. The van der Waals surface area contributed by atoms with Crippen LogP contribution in [-0.4, -0.2) is 4.57 Å². The highest BCUT2D eigenvalue weighted by Crippen LogP contribution is 2.46. The molecule has 266 valence electrons. The number of hydrogen-bond donors (Lipinski definition) is 0. The summed E-state index contributed by atoms with van der Waals surface area (Å²) in [7, 11) is 0. The average molecular weight is 717 g/mol. The molecule has 10 rings (SSSR count). The molecule has 0 N–H and O–H groups in total. The number of aromatic nitrogens is 1. The predicted molar refractivity (Wildman–Crippen MR) is 238 cm³/mol. The summed E-state index contributed by atoms with van der Waals surface area (Å²) in [5.74, 6) is 0. The standard InChI is InChI=1S/C54H40N2/c1-5-18-39(19-6-1)40-34-36-45(37-35-40)55(50-31-14-13-28-47(50)41-20-7-2-8-21-41)46-27-15-24-43(38-46)49-30-17-33-52-54(49)53-48(42-22-9-3-10-23-42)29-16-32-51(53)56(52)44-25-11-4-12-26-44/h1-25,27-38,44H,26H2. The molecule has 0 spiro atoms.